The quantitative estimate of drug-likeness (QED) is 0.783. The normalized spacial score (nSPS) is 10.9. The summed E-state index contributed by atoms with van der Waals surface area (Å²) in [4.78, 5) is 26.3. The Morgan fingerprint density at radius 2 is 1.81 bits per heavy atom. The topological polar surface area (TPSA) is 108 Å². The zero-order valence-electron chi connectivity index (χ0n) is 11.1. The van der Waals surface area contributed by atoms with Crippen molar-refractivity contribution < 1.29 is 13.2 Å². The second-order valence-corrected chi connectivity index (χ2v) is 6.04. The Bertz CT molecular complexity index is 827. The van der Waals surface area contributed by atoms with Crippen LogP contribution in [0, 0.1) is 0 Å². The zero-order valence-corrected chi connectivity index (χ0v) is 11.9. The second kappa shape index (κ2) is 5.80. The Hall–Kier alpha value is -2.61. The number of nitrogens with one attached hydrogen (secondary N) is 3. The number of rotatable bonds is 4. The Balaban J connectivity index is 2.30. The van der Waals surface area contributed by atoms with E-state index in [1.807, 2.05) is 0 Å². The lowest BCUT2D eigenvalue weighted by atomic mass is 10.2. The molecule has 0 fully saturated rings. The highest BCUT2D eigenvalue weighted by atomic mass is 32.2. The summed E-state index contributed by atoms with van der Waals surface area (Å²) >= 11 is 0. The van der Waals surface area contributed by atoms with Crippen LogP contribution in [0.2, 0.25) is 0 Å². The fraction of sp³-hybridized carbons (Fsp3) is 0.0769. The number of carbonyl (C=O) groups excluding carboxylic acids is 1. The van der Waals surface area contributed by atoms with E-state index in [0.29, 0.717) is 0 Å². The van der Waals surface area contributed by atoms with Gasteiger partial charge in [0.25, 0.3) is 5.91 Å². The van der Waals surface area contributed by atoms with Crippen LogP contribution in [0.3, 0.4) is 0 Å². The molecule has 1 aromatic heterocycles. The van der Waals surface area contributed by atoms with Gasteiger partial charge in [-0.15, -0.1) is 0 Å². The zero-order chi connectivity index (χ0) is 15.5. The van der Waals surface area contributed by atoms with Crippen LogP contribution in [0.25, 0.3) is 0 Å². The van der Waals surface area contributed by atoms with Crippen LogP contribution in [0.5, 0.6) is 0 Å². The van der Waals surface area contributed by atoms with E-state index in [-0.39, 0.29) is 16.9 Å². The number of amides is 1. The fourth-order valence-corrected chi connectivity index (χ4v) is 2.24. The minimum Gasteiger partial charge on any atom is -0.367 e. The fourth-order valence-electron chi connectivity index (χ4n) is 1.66. The largest absolute Gasteiger partial charge is 0.367 e. The Morgan fingerprint density at radius 1 is 1.14 bits per heavy atom. The monoisotopic (exact) mass is 307 g/mol. The summed E-state index contributed by atoms with van der Waals surface area (Å²) in [6, 6.07) is 7.53. The van der Waals surface area contributed by atoms with Gasteiger partial charge in [-0.1, -0.05) is 12.1 Å². The van der Waals surface area contributed by atoms with Crippen LogP contribution in [0.1, 0.15) is 10.4 Å². The van der Waals surface area contributed by atoms with Crippen molar-refractivity contribution in [2.24, 2.45) is 0 Å². The molecule has 0 saturated carbocycles. The van der Waals surface area contributed by atoms with Gasteiger partial charge in [0.05, 0.1) is 17.6 Å². The SMILES string of the molecule is CS(=O)(=O)Nc1ccccc1NC(=O)c1c[nH]ccc1=O. The van der Waals surface area contributed by atoms with Gasteiger partial charge >= 0.3 is 0 Å². The number of hydrogen-bond donors (Lipinski definition) is 3. The predicted octanol–water partition coefficient (Wildman–Crippen LogP) is 0.999. The van der Waals surface area contributed by atoms with Gasteiger partial charge < -0.3 is 10.3 Å². The maximum absolute atomic E-state index is 12.0. The molecule has 0 aliphatic heterocycles. The first kappa shape index (κ1) is 14.8. The van der Waals surface area contributed by atoms with Gasteiger partial charge in [-0.3, -0.25) is 14.3 Å². The molecule has 0 bridgehead atoms. The number of benzene rings is 1. The number of para-hydroxylation sites is 2. The van der Waals surface area contributed by atoms with Crippen LogP contribution >= 0.6 is 0 Å². The lowest BCUT2D eigenvalue weighted by Crippen LogP contribution is -2.22. The Kier molecular flexibility index (Phi) is 4.08. The number of anilines is 2. The molecule has 0 aliphatic rings. The third kappa shape index (κ3) is 3.93. The smallest absolute Gasteiger partial charge is 0.261 e. The average Bonchev–Trinajstić information content (AvgIpc) is 2.40. The van der Waals surface area contributed by atoms with Crippen molar-refractivity contribution in [1.29, 1.82) is 0 Å². The molecular formula is C13H13N3O4S. The predicted molar refractivity (Wildman–Crippen MR) is 79.9 cm³/mol. The van der Waals surface area contributed by atoms with Crippen LogP contribution in [-0.4, -0.2) is 25.6 Å². The molecule has 8 heteroatoms. The molecule has 1 amide bonds. The van der Waals surface area contributed by atoms with E-state index in [0.717, 1.165) is 6.26 Å². The number of aromatic amines is 1. The van der Waals surface area contributed by atoms with Gasteiger partial charge in [-0.2, -0.15) is 0 Å². The van der Waals surface area contributed by atoms with Gasteiger partial charge in [-0.05, 0) is 12.1 Å². The highest BCUT2D eigenvalue weighted by molar-refractivity contribution is 7.92. The summed E-state index contributed by atoms with van der Waals surface area (Å²) < 4.78 is 24.9. The van der Waals surface area contributed by atoms with Crippen molar-refractivity contribution in [3.8, 4) is 0 Å². The molecule has 0 unspecified atom stereocenters. The van der Waals surface area contributed by atoms with E-state index in [9.17, 15) is 18.0 Å². The minimum absolute atomic E-state index is 0.0633. The molecule has 0 aliphatic carbocycles. The lowest BCUT2D eigenvalue weighted by molar-refractivity contribution is 0.102. The summed E-state index contributed by atoms with van der Waals surface area (Å²) in [5.41, 5.74) is -0.0108. The third-order valence-electron chi connectivity index (χ3n) is 2.54. The van der Waals surface area contributed by atoms with Gasteiger partial charge in [0, 0.05) is 18.5 Å². The summed E-state index contributed by atoms with van der Waals surface area (Å²) in [7, 11) is -3.48. The number of carbonyl (C=O) groups is 1. The molecule has 2 rings (SSSR count). The maximum atomic E-state index is 12.0. The molecule has 0 atom stereocenters. The highest BCUT2D eigenvalue weighted by Gasteiger charge is 2.13. The van der Waals surface area contributed by atoms with E-state index in [2.05, 4.69) is 15.0 Å². The molecule has 110 valence electrons. The van der Waals surface area contributed by atoms with E-state index in [1.54, 1.807) is 12.1 Å². The standard InChI is InChI=1S/C13H13N3O4S/c1-21(19,20)16-11-5-3-2-4-10(11)15-13(18)9-8-14-7-6-12(9)17/h2-8,16H,1H3,(H,14,17)(H,15,18). The van der Waals surface area contributed by atoms with Gasteiger partial charge in [0.1, 0.15) is 5.56 Å². The van der Waals surface area contributed by atoms with Crippen molar-refractivity contribution in [3.05, 3.63) is 58.5 Å². The third-order valence-corrected chi connectivity index (χ3v) is 3.13. The van der Waals surface area contributed by atoms with Crippen molar-refractivity contribution in [3.63, 3.8) is 0 Å². The molecule has 1 heterocycles. The van der Waals surface area contributed by atoms with Crippen LogP contribution in [0.4, 0.5) is 11.4 Å². The minimum atomic E-state index is -3.48. The molecule has 1 aromatic carbocycles. The summed E-state index contributed by atoms with van der Waals surface area (Å²) in [6.45, 7) is 0. The van der Waals surface area contributed by atoms with E-state index in [4.69, 9.17) is 0 Å². The first-order chi connectivity index (χ1) is 9.87. The molecule has 21 heavy (non-hydrogen) atoms. The van der Waals surface area contributed by atoms with E-state index < -0.39 is 21.4 Å². The average molecular weight is 307 g/mol. The molecule has 0 saturated heterocycles. The molecule has 0 spiro atoms. The van der Waals surface area contributed by atoms with Gasteiger partial charge in [-0.25, -0.2) is 8.42 Å². The molecular weight excluding hydrogens is 294 g/mol. The first-order valence-corrected chi connectivity index (χ1v) is 7.81. The van der Waals surface area contributed by atoms with Crippen molar-refractivity contribution in [2.75, 3.05) is 16.3 Å². The van der Waals surface area contributed by atoms with E-state index >= 15 is 0 Å². The number of sulfonamides is 1. The molecule has 3 N–H and O–H groups in total. The van der Waals surface area contributed by atoms with Crippen molar-refractivity contribution in [2.45, 2.75) is 0 Å². The van der Waals surface area contributed by atoms with Crippen LogP contribution in [0.15, 0.2) is 47.5 Å². The number of aromatic nitrogens is 1. The van der Waals surface area contributed by atoms with Gasteiger partial charge in [0.15, 0.2) is 5.43 Å². The number of hydrogen-bond acceptors (Lipinski definition) is 4. The molecule has 2 aromatic rings. The van der Waals surface area contributed by atoms with Crippen molar-refractivity contribution >= 4 is 27.3 Å². The van der Waals surface area contributed by atoms with Crippen molar-refractivity contribution in [1.82, 2.24) is 4.98 Å². The van der Waals surface area contributed by atoms with E-state index in [1.165, 1.54) is 30.6 Å². The summed E-state index contributed by atoms with van der Waals surface area (Å²) in [5, 5.41) is 2.50. The van der Waals surface area contributed by atoms with Crippen LogP contribution < -0.4 is 15.5 Å². The highest BCUT2D eigenvalue weighted by Crippen LogP contribution is 2.22. The maximum Gasteiger partial charge on any atom is 0.261 e. The summed E-state index contributed by atoms with van der Waals surface area (Å²) in [6.07, 6.45) is 3.70. The van der Waals surface area contributed by atoms with Crippen LogP contribution in [-0.2, 0) is 10.0 Å². The lowest BCUT2D eigenvalue weighted by Gasteiger charge is -2.11. The Morgan fingerprint density at radius 3 is 2.43 bits per heavy atom. The number of H-pyrrole nitrogens is 1. The molecule has 0 radical (unpaired) electrons. The Labute approximate surface area is 121 Å². The van der Waals surface area contributed by atoms with Gasteiger partial charge in [0.2, 0.25) is 10.0 Å². The molecule has 7 nitrogen and oxygen atoms in total. The summed E-state index contributed by atoms with van der Waals surface area (Å²) in [5.74, 6) is -0.625. The first-order valence-electron chi connectivity index (χ1n) is 5.92. The number of pyridine rings is 1. The second-order valence-electron chi connectivity index (χ2n) is 4.30.